The molecule has 5 heteroatoms. The second-order valence-electron chi connectivity index (χ2n) is 5.52. The molecule has 0 radical (unpaired) electrons. The molecule has 21 heavy (non-hydrogen) atoms. The molecule has 1 aliphatic carbocycles. The highest BCUT2D eigenvalue weighted by molar-refractivity contribution is 6.22. The molecule has 1 aromatic carbocycles. The summed E-state index contributed by atoms with van der Waals surface area (Å²) >= 11 is 0. The first-order valence-electron chi connectivity index (χ1n) is 6.88. The predicted molar refractivity (Wildman–Crippen MR) is 75.8 cm³/mol. The van der Waals surface area contributed by atoms with Crippen LogP contribution >= 0.6 is 0 Å². The van der Waals surface area contributed by atoms with Gasteiger partial charge in [0.2, 0.25) is 11.8 Å². The summed E-state index contributed by atoms with van der Waals surface area (Å²) in [7, 11) is 0. The van der Waals surface area contributed by atoms with Crippen molar-refractivity contribution in [3.05, 3.63) is 42.0 Å². The molecule has 3 atom stereocenters. The standard InChI is InChI=1S/C16H15NO4/c1-9-4-2-7-12-13(9)15(19)17(14(12)18)11-6-3-5-10(8-11)16(20)21/h2-6,8-9,12-13H,7H2,1H3,(H,20,21)/t9-,12+,13-/m1/s1. The predicted octanol–water partition coefficient (Wildman–Crippen LogP) is 2.09. The van der Waals surface area contributed by atoms with Gasteiger partial charge < -0.3 is 5.11 Å². The third-order valence-corrected chi connectivity index (χ3v) is 4.22. The van der Waals surface area contributed by atoms with Crippen molar-refractivity contribution in [3.8, 4) is 0 Å². The van der Waals surface area contributed by atoms with E-state index in [1.807, 2.05) is 19.1 Å². The number of hydrogen-bond acceptors (Lipinski definition) is 3. The lowest BCUT2D eigenvalue weighted by molar-refractivity contribution is -0.122. The molecular formula is C16H15NO4. The van der Waals surface area contributed by atoms with Gasteiger partial charge in [0, 0.05) is 0 Å². The maximum Gasteiger partial charge on any atom is 0.335 e. The van der Waals surface area contributed by atoms with Crippen LogP contribution in [0.2, 0.25) is 0 Å². The summed E-state index contributed by atoms with van der Waals surface area (Å²) in [6.07, 6.45) is 4.46. The van der Waals surface area contributed by atoms with Crippen molar-refractivity contribution in [1.82, 2.24) is 0 Å². The Hall–Kier alpha value is -2.43. The number of hydrogen-bond donors (Lipinski definition) is 1. The van der Waals surface area contributed by atoms with Crippen LogP contribution in [-0.4, -0.2) is 22.9 Å². The highest BCUT2D eigenvalue weighted by Gasteiger charge is 2.50. The Morgan fingerprint density at radius 1 is 1.29 bits per heavy atom. The largest absolute Gasteiger partial charge is 0.478 e. The Labute approximate surface area is 121 Å². The average Bonchev–Trinajstić information content (AvgIpc) is 2.72. The zero-order chi connectivity index (χ0) is 15.1. The summed E-state index contributed by atoms with van der Waals surface area (Å²) < 4.78 is 0. The molecule has 0 spiro atoms. The molecule has 108 valence electrons. The van der Waals surface area contributed by atoms with E-state index >= 15 is 0 Å². The summed E-state index contributed by atoms with van der Waals surface area (Å²) in [5, 5.41) is 9.03. The van der Waals surface area contributed by atoms with E-state index in [4.69, 9.17) is 5.11 Å². The smallest absolute Gasteiger partial charge is 0.335 e. The lowest BCUT2D eigenvalue weighted by atomic mass is 9.78. The van der Waals surface area contributed by atoms with Crippen LogP contribution in [0.5, 0.6) is 0 Å². The van der Waals surface area contributed by atoms with Crippen LogP contribution in [0.15, 0.2) is 36.4 Å². The minimum atomic E-state index is -1.08. The molecule has 0 unspecified atom stereocenters. The summed E-state index contributed by atoms with van der Waals surface area (Å²) in [6.45, 7) is 1.93. The van der Waals surface area contributed by atoms with E-state index in [1.165, 1.54) is 12.1 Å². The number of anilines is 1. The molecule has 5 nitrogen and oxygen atoms in total. The van der Waals surface area contributed by atoms with E-state index in [-0.39, 0.29) is 35.1 Å². The number of carbonyl (C=O) groups excluding carboxylic acids is 2. The molecular weight excluding hydrogens is 270 g/mol. The van der Waals surface area contributed by atoms with Gasteiger partial charge in [0.1, 0.15) is 0 Å². The minimum Gasteiger partial charge on any atom is -0.478 e. The van der Waals surface area contributed by atoms with Gasteiger partial charge in [-0.3, -0.25) is 14.5 Å². The van der Waals surface area contributed by atoms with Crippen molar-refractivity contribution in [3.63, 3.8) is 0 Å². The molecule has 1 heterocycles. The number of nitrogens with zero attached hydrogens (tertiary/aromatic N) is 1. The molecule has 1 N–H and O–H groups in total. The second-order valence-corrected chi connectivity index (χ2v) is 5.52. The van der Waals surface area contributed by atoms with Crippen LogP contribution in [0.3, 0.4) is 0 Å². The van der Waals surface area contributed by atoms with E-state index in [0.717, 1.165) is 4.90 Å². The average molecular weight is 285 g/mol. The number of rotatable bonds is 2. The SMILES string of the molecule is C[C@@H]1C=CC[C@@H]2C(=O)N(c3cccc(C(=O)O)c3)C(=O)[C@H]12. The Kier molecular flexibility index (Phi) is 3.12. The van der Waals surface area contributed by atoms with Gasteiger partial charge in [-0.1, -0.05) is 25.1 Å². The quantitative estimate of drug-likeness (QED) is 0.667. The Morgan fingerprint density at radius 2 is 2.05 bits per heavy atom. The number of imide groups is 1. The summed E-state index contributed by atoms with van der Waals surface area (Å²) in [5.41, 5.74) is 0.403. The summed E-state index contributed by atoms with van der Waals surface area (Å²) in [4.78, 5) is 37.2. The van der Waals surface area contributed by atoms with Crippen LogP contribution < -0.4 is 4.90 Å². The van der Waals surface area contributed by atoms with E-state index in [0.29, 0.717) is 12.1 Å². The first kappa shape index (κ1) is 13.5. The molecule has 1 fully saturated rings. The van der Waals surface area contributed by atoms with E-state index in [2.05, 4.69) is 0 Å². The minimum absolute atomic E-state index is 0.0212. The summed E-state index contributed by atoms with van der Waals surface area (Å²) in [6, 6.07) is 5.95. The molecule has 3 rings (SSSR count). The Morgan fingerprint density at radius 3 is 2.71 bits per heavy atom. The molecule has 1 aromatic rings. The van der Waals surface area contributed by atoms with Crippen LogP contribution in [0.1, 0.15) is 23.7 Å². The van der Waals surface area contributed by atoms with Gasteiger partial charge in [-0.15, -0.1) is 0 Å². The number of carbonyl (C=O) groups is 3. The van der Waals surface area contributed by atoms with Gasteiger partial charge in [0.25, 0.3) is 0 Å². The van der Waals surface area contributed by atoms with E-state index in [9.17, 15) is 14.4 Å². The van der Waals surface area contributed by atoms with Crippen molar-refractivity contribution < 1.29 is 19.5 Å². The van der Waals surface area contributed by atoms with Crippen molar-refractivity contribution in [2.75, 3.05) is 4.90 Å². The second kappa shape index (κ2) is 4.84. The highest BCUT2D eigenvalue weighted by atomic mass is 16.4. The first-order chi connectivity index (χ1) is 10.0. The van der Waals surface area contributed by atoms with Crippen LogP contribution in [0.25, 0.3) is 0 Å². The maximum atomic E-state index is 12.6. The monoisotopic (exact) mass is 285 g/mol. The molecule has 2 aliphatic rings. The maximum absolute atomic E-state index is 12.6. The van der Waals surface area contributed by atoms with Crippen LogP contribution in [0.4, 0.5) is 5.69 Å². The Bertz CT molecular complexity index is 664. The van der Waals surface area contributed by atoms with Crippen LogP contribution in [-0.2, 0) is 9.59 Å². The first-order valence-corrected chi connectivity index (χ1v) is 6.88. The fourth-order valence-corrected chi connectivity index (χ4v) is 3.18. The number of amides is 2. The number of allylic oxidation sites excluding steroid dienone is 2. The van der Waals surface area contributed by atoms with Gasteiger partial charge in [0.15, 0.2) is 0 Å². The van der Waals surface area contributed by atoms with Crippen LogP contribution in [0, 0.1) is 17.8 Å². The number of aromatic carboxylic acids is 1. The van der Waals surface area contributed by atoms with E-state index < -0.39 is 5.97 Å². The lowest BCUT2D eigenvalue weighted by Gasteiger charge is -2.22. The number of carboxylic acids is 1. The van der Waals surface area contributed by atoms with Gasteiger partial charge in [-0.05, 0) is 30.5 Å². The Balaban J connectivity index is 2.00. The molecule has 0 aromatic heterocycles. The molecule has 0 bridgehead atoms. The zero-order valence-electron chi connectivity index (χ0n) is 11.5. The fraction of sp³-hybridized carbons (Fsp3) is 0.312. The molecule has 2 amide bonds. The molecule has 1 saturated heterocycles. The van der Waals surface area contributed by atoms with Gasteiger partial charge >= 0.3 is 5.97 Å². The lowest BCUT2D eigenvalue weighted by Crippen LogP contribution is -2.31. The normalized spacial score (nSPS) is 27.9. The van der Waals surface area contributed by atoms with Gasteiger partial charge in [-0.2, -0.15) is 0 Å². The number of carboxylic acid groups (broad SMARTS) is 1. The fourth-order valence-electron chi connectivity index (χ4n) is 3.18. The number of benzene rings is 1. The van der Waals surface area contributed by atoms with E-state index in [1.54, 1.807) is 12.1 Å². The third kappa shape index (κ3) is 2.05. The highest BCUT2D eigenvalue weighted by Crippen LogP contribution is 2.40. The van der Waals surface area contributed by atoms with Crippen molar-refractivity contribution in [2.45, 2.75) is 13.3 Å². The molecule has 1 aliphatic heterocycles. The third-order valence-electron chi connectivity index (χ3n) is 4.22. The van der Waals surface area contributed by atoms with Gasteiger partial charge in [0.05, 0.1) is 23.1 Å². The number of fused-ring (bicyclic) bond motifs is 1. The van der Waals surface area contributed by atoms with Crippen molar-refractivity contribution in [1.29, 1.82) is 0 Å². The van der Waals surface area contributed by atoms with Gasteiger partial charge in [-0.25, -0.2) is 4.79 Å². The zero-order valence-corrected chi connectivity index (χ0v) is 11.5. The van der Waals surface area contributed by atoms with Crippen molar-refractivity contribution >= 4 is 23.5 Å². The molecule has 0 saturated carbocycles. The summed E-state index contributed by atoms with van der Waals surface area (Å²) in [5.74, 6) is -2.19. The topological polar surface area (TPSA) is 74.7 Å². The van der Waals surface area contributed by atoms with Crippen molar-refractivity contribution in [2.24, 2.45) is 17.8 Å².